The number of anilines is 2. The fourth-order valence-electron chi connectivity index (χ4n) is 3.67. The second kappa shape index (κ2) is 9.37. The Kier molecular flexibility index (Phi) is 6.99. The van der Waals surface area contributed by atoms with E-state index in [1.54, 1.807) is 24.3 Å². The fourth-order valence-corrected chi connectivity index (χ4v) is 4.65. The second-order valence-corrected chi connectivity index (χ2v) is 10.6. The molecule has 3 aromatic carbocycles. The molecule has 4 nitrogen and oxygen atoms in total. The van der Waals surface area contributed by atoms with Gasteiger partial charge in [0.25, 0.3) is 0 Å². The Labute approximate surface area is 192 Å². The Morgan fingerprint density at radius 1 is 0.750 bits per heavy atom. The predicted octanol–water partition coefficient (Wildman–Crippen LogP) is 7.37. The van der Waals surface area contributed by atoms with Gasteiger partial charge in [-0.05, 0) is 68.5 Å². The number of aryl methyl sites for hydroxylation is 3. The molecule has 0 saturated heterocycles. The van der Waals surface area contributed by atoms with Gasteiger partial charge < -0.3 is 9.50 Å². The molecule has 3 aromatic rings. The molecule has 0 atom stereocenters. The maximum absolute atomic E-state index is 13.1. The van der Waals surface area contributed by atoms with Crippen molar-refractivity contribution < 1.29 is 12.6 Å². The average molecular weight is 452 g/mol. The summed E-state index contributed by atoms with van der Waals surface area (Å²) in [4.78, 5) is 0.157. The molecule has 0 amide bonds. The molecule has 0 heterocycles. The van der Waals surface area contributed by atoms with Crippen LogP contribution < -0.4 is 9.50 Å². The average Bonchev–Trinajstić information content (AvgIpc) is 2.70. The summed E-state index contributed by atoms with van der Waals surface area (Å²) in [5.41, 5.74) is 7.04. The Morgan fingerprint density at radius 2 is 1.28 bits per heavy atom. The first-order valence-corrected chi connectivity index (χ1v) is 12.4. The highest BCUT2D eigenvalue weighted by molar-refractivity contribution is 7.87. The van der Waals surface area contributed by atoms with Crippen molar-refractivity contribution >= 4 is 21.5 Å². The monoisotopic (exact) mass is 451 g/mol. The van der Waals surface area contributed by atoms with Gasteiger partial charge >= 0.3 is 10.1 Å². The van der Waals surface area contributed by atoms with E-state index in [0.717, 1.165) is 33.6 Å². The normalized spacial score (nSPS) is 11.8. The van der Waals surface area contributed by atoms with Gasteiger partial charge in [-0.25, -0.2) is 0 Å². The van der Waals surface area contributed by atoms with E-state index >= 15 is 0 Å². The molecule has 0 saturated carbocycles. The van der Waals surface area contributed by atoms with Crippen LogP contribution in [0.25, 0.3) is 0 Å². The summed E-state index contributed by atoms with van der Waals surface area (Å²) in [6, 6.07) is 17.0. The summed E-state index contributed by atoms with van der Waals surface area (Å²) in [6.45, 7) is 14.3. The third-order valence-corrected chi connectivity index (χ3v) is 6.79. The summed E-state index contributed by atoms with van der Waals surface area (Å²) >= 11 is 0. The molecule has 0 aliphatic heterocycles. The minimum atomic E-state index is -3.95. The molecule has 0 bridgehead atoms. The van der Waals surface area contributed by atoms with Crippen molar-refractivity contribution in [1.82, 2.24) is 0 Å². The number of hydrogen-bond donors (Lipinski definition) is 1. The second-order valence-electron chi connectivity index (χ2n) is 9.09. The third kappa shape index (κ3) is 5.33. The highest BCUT2D eigenvalue weighted by Crippen LogP contribution is 2.40. The van der Waals surface area contributed by atoms with Gasteiger partial charge in [-0.3, -0.25) is 0 Å². The zero-order valence-electron chi connectivity index (χ0n) is 20.0. The molecular weight excluding hydrogens is 418 g/mol. The molecule has 0 unspecified atom stereocenters. The SMILES string of the molecule is Cc1ccc(S(=O)(=O)Oc2c(C(C)C)cc(Nc3ccc(C)cc3C)cc2C(C)C)cc1. The van der Waals surface area contributed by atoms with Gasteiger partial charge in [-0.1, -0.05) is 63.1 Å². The van der Waals surface area contributed by atoms with E-state index in [1.807, 2.05) is 46.8 Å². The molecule has 170 valence electrons. The molecule has 0 fully saturated rings. The van der Waals surface area contributed by atoms with Crippen LogP contribution in [0.2, 0.25) is 0 Å². The van der Waals surface area contributed by atoms with Gasteiger partial charge in [0.15, 0.2) is 0 Å². The van der Waals surface area contributed by atoms with E-state index in [-0.39, 0.29) is 16.7 Å². The van der Waals surface area contributed by atoms with Gasteiger partial charge in [-0.2, -0.15) is 8.42 Å². The molecule has 5 heteroatoms. The molecule has 0 aromatic heterocycles. The predicted molar refractivity (Wildman–Crippen MR) is 133 cm³/mol. The van der Waals surface area contributed by atoms with Crippen LogP contribution in [0.3, 0.4) is 0 Å². The van der Waals surface area contributed by atoms with Crippen LogP contribution in [0, 0.1) is 20.8 Å². The first-order valence-electron chi connectivity index (χ1n) is 11.0. The van der Waals surface area contributed by atoms with E-state index < -0.39 is 10.1 Å². The van der Waals surface area contributed by atoms with Crippen molar-refractivity contribution in [1.29, 1.82) is 0 Å². The van der Waals surface area contributed by atoms with E-state index in [1.165, 1.54) is 5.56 Å². The van der Waals surface area contributed by atoms with Crippen molar-refractivity contribution in [3.05, 3.63) is 82.4 Å². The van der Waals surface area contributed by atoms with Crippen LogP contribution >= 0.6 is 0 Å². The molecule has 0 aliphatic carbocycles. The summed E-state index contributed by atoms with van der Waals surface area (Å²) < 4.78 is 32.0. The van der Waals surface area contributed by atoms with E-state index in [4.69, 9.17) is 4.18 Å². The van der Waals surface area contributed by atoms with Gasteiger partial charge in [0.1, 0.15) is 10.6 Å². The van der Waals surface area contributed by atoms with Gasteiger partial charge in [0.05, 0.1) is 0 Å². The maximum atomic E-state index is 13.1. The smallest absolute Gasteiger partial charge is 0.339 e. The van der Waals surface area contributed by atoms with E-state index in [2.05, 4.69) is 37.4 Å². The summed E-state index contributed by atoms with van der Waals surface area (Å²) in [6.07, 6.45) is 0. The first-order chi connectivity index (χ1) is 15.0. The number of rotatable bonds is 7. The minimum Gasteiger partial charge on any atom is -0.378 e. The largest absolute Gasteiger partial charge is 0.378 e. The van der Waals surface area contributed by atoms with E-state index in [0.29, 0.717) is 5.75 Å². The molecule has 1 N–H and O–H groups in total. The summed E-state index contributed by atoms with van der Waals surface area (Å²) in [5.74, 6) is 0.593. The van der Waals surface area contributed by atoms with Crippen LogP contribution in [-0.2, 0) is 10.1 Å². The molecule has 0 spiro atoms. The van der Waals surface area contributed by atoms with Crippen LogP contribution in [0.1, 0.15) is 67.3 Å². The Morgan fingerprint density at radius 3 is 1.78 bits per heavy atom. The zero-order chi connectivity index (χ0) is 23.6. The maximum Gasteiger partial charge on any atom is 0.339 e. The van der Waals surface area contributed by atoms with Gasteiger partial charge in [0, 0.05) is 22.5 Å². The van der Waals surface area contributed by atoms with Crippen molar-refractivity contribution in [2.24, 2.45) is 0 Å². The Hall–Kier alpha value is -2.79. The summed E-state index contributed by atoms with van der Waals surface area (Å²) in [7, 11) is -3.95. The van der Waals surface area contributed by atoms with E-state index in [9.17, 15) is 8.42 Å². The highest BCUT2D eigenvalue weighted by Gasteiger charge is 2.24. The summed E-state index contributed by atoms with van der Waals surface area (Å²) in [5, 5.41) is 3.51. The number of benzene rings is 3. The van der Waals surface area contributed by atoms with Gasteiger partial charge in [0.2, 0.25) is 0 Å². The van der Waals surface area contributed by atoms with Crippen LogP contribution in [0.5, 0.6) is 5.75 Å². The number of hydrogen-bond acceptors (Lipinski definition) is 4. The molecule has 32 heavy (non-hydrogen) atoms. The van der Waals surface area contributed by atoms with Crippen LogP contribution in [0.15, 0.2) is 59.5 Å². The zero-order valence-corrected chi connectivity index (χ0v) is 20.8. The Balaban J connectivity index is 2.08. The lowest BCUT2D eigenvalue weighted by atomic mass is 9.93. The van der Waals surface area contributed by atoms with Crippen molar-refractivity contribution in [3.8, 4) is 5.75 Å². The Bertz CT molecular complexity index is 1180. The quantitative estimate of drug-likeness (QED) is 0.381. The van der Waals surface area contributed by atoms with Crippen LogP contribution in [0.4, 0.5) is 11.4 Å². The van der Waals surface area contributed by atoms with Gasteiger partial charge in [-0.15, -0.1) is 0 Å². The fraction of sp³-hybridized carbons (Fsp3) is 0.333. The lowest BCUT2D eigenvalue weighted by molar-refractivity contribution is 0.476. The lowest BCUT2D eigenvalue weighted by Gasteiger charge is -2.22. The lowest BCUT2D eigenvalue weighted by Crippen LogP contribution is -2.14. The third-order valence-electron chi connectivity index (χ3n) is 5.55. The van der Waals surface area contributed by atoms with Crippen molar-refractivity contribution in [2.45, 2.75) is 65.2 Å². The molecular formula is C27H33NO3S. The molecule has 3 rings (SSSR count). The molecule has 0 radical (unpaired) electrons. The van der Waals surface area contributed by atoms with Crippen molar-refractivity contribution in [3.63, 3.8) is 0 Å². The van der Waals surface area contributed by atoms with Crippen LogP contribution in [-0.4, -0.2) is 8.42 Å². The topological polar surface area (TPSA) is 55.4 Å². The minimum absolute atomic E-state index is 0.0802. The first kappa shape index (κ1) is 23.9. The highest BCUT2D eigenvalue weighted by atomic mass is 32.2. The number of nitrogens with one attached hydrogen (secondary N) is 1. The van der Waals surface area contributed by atoms with Crippen molar-refractivity contribution in [2.75, 3.05) is 5.32 Å². The standard InChI is InChI=1S/C27H33NO3S/c1-17(2)24-15-22(28-26-13-10-20(6)14-21(26)7)16-25(18(3)4)27(24)31-32(29,30)23-11-8-19(5)9-12-23/h8-18,28H,1-7H3. The molecule has 0 aliphatic rings.